The summed E-state index contributed by atoms with van der Waals surface area (Å²) >= 11 is 0. The molecular formula is C17H17N2Na. The van der Waals surface area contributed by atoms with E-state index < -0.39 is 0 Å². The van der Waals surface area contributed by atoms with Crippen LogP contribution in [-0.4, -0.2) is 40.6 Å². The molecule has 1 aliphatic carbocycles. The van der Waals surface area contributed by atoms with Gasteiger partial charge in [-0.15, -0.1) is 0 Å². The Labute approximate surface area is 140 Å². The number of nitrogens with one attached hydrogen (secondary N) is 1. The van der Waals surface area contributed by atoms with Gasteiger partial charge in [-0.1, -0.05) is 24.3 Å². The van der Waals surface area contributed by atoms with Crippen molar-refractivity contribution in [1.29, 1.82) is 0 Å². The molecule has 0 aliphatic heterocycles. The summed E-state index contributed by atoms with van der Waals surface area (Å²) in [7, 11) is 0. The Bertz CT molecular complexity index is 750. The molecule has 0 bridgehead atoms. The summed E-state index contributed by atoms with van der Waals surface area (Å²) < 4.78 is 0. The van der Waals surface area contributed by atoms with Crippen molar-refractivity contribution in [3.8, 4) is 0 Å². The second kappa shape index (κ2) is 5.72. The van der Waals surface area contributed by atoms with Crippen LogP contribution in [0.3, 0.4) is 0 Å². The molecule has 96 valence electrons. The van der Waals surface area contributed by atoms with Gasteiger partial charge in [0.25, 0.3) is 0 Å². The molecule has 0 saturated heterocycles. The molecule has 4 rings (SSSR count). The summed E-state index contributed by atoms with van der Waals surface area (Å²) in [6.07, 6.45) is 7.79. The molecule has 20 heavy (non-hydrogen) atoms. The number of nitrogens with zero attached hydrogens (tertiary/aromatic N) is 1. The summed E-state index contributed by atoms with van der Waals surface area (Å²) in [5.41, 5.74) is 1.25. The molecule has 0 atom stereocenters. The van der Waals surface area contributed by atoms with Gasteiger partial charge in [-0.2, -0.15) is 0 Å². The molecule has 1 heterocycles. The maximum Gasteiger partial charge on any atom is 0.0429 e. The Hall–Kier alpha value is -1.09. The van der Waals surface area contributed by atoms with E-state index in [1.54, 1.807) is 0 Å². The first-order valence-electron chi connectivity index (χ1n) is 6.94. The zero-order chi connectivity index (χ0) is 12.7. The number of hydrogen-bond acceptors (Lipinski definition) is 2. The van der Waals surface area contributed by atoms with E-state index in [1.165, 1.54) is 46.5 Å². The van der Waals surface area contributed by atoms with Crippen molar-refractivity contribution in [1.82, 2.24) is 4.98 Å². The second-order valence-electron chi connectivity index (χ2n) is 5.34. The minimum atomic E-state index is 0. The van der Waals surface area contributed by atoms with Crippen molar-refractivity contribution in [2.75, 3.05) is 5.32 Å². The largest absolute Gasteiger partial charge is 0.382 e. The maximum atomic E-state index is 4.29. The predicted molar refractivity (Wildman–Crippen MR) is 87.7 cm³/mol. The maximum absolute atomic E-state index is 4.29. The van der Waals surface area contributed by atoms with Gasteiger partial charge in [-0.25, -0.2) is 0 Å². The van der Waals surface area contributed by atoms with Crippen LogP contribution in [0.25, 0.3) is 21.5 Å². The molecule has 3 heteroatoms. The van der Waals surface area contributed by atoms with E-state index in [1.807, 2.05) is 12.4 Å². The number of benzene rings is 2. The van der Waals surface area contributed by atoms with E-state index in [0.29, 0.717) is 6.04 Å². The number of fused-ring (bicyclic) bond motifs is 3. The van der Waals surface area contributed by atoms with Gasteiger partial charge in [0.1, 0.15) is 0 Å². The van der Waals surface area contributed by atoms with E-state index in [9.17, 15) is 0 Å². The van der Waals surface area contributed by atoms with Crippen LogP contribution in [0.5, 0.6) is 0 Å². The van der Waals surface area contributed by atoms with Gasteiger partial charge in [-0.05, 0) is 42.2 Å². The smallest absolute Gasteiger partial charge is 0.0429 e. The minimum absolute atomic E-state index is 0. The van der Waals surface area contributed by atoms with Gasteiger partial charge in [0.2, 0.25) is 0 Å². The molecule has 3 aromatic rings. The van der Waals surface area contributed by atoms with Gasteiger partial charge in [-0.3, -0.25) is 4.98 Å². The number of aromatic nitrogens is 1. The van der Waals surface area contributed by atoms with Crippen LogP contribution >= 0.6 is 0 Å². The van der Waals surface area contributed by atoms with Crippen molar-refractivity contribution in [3.63, 3.8) is 0 Å². The van der Waals surface area contributed by atoms with E-state index >= 15 is 0 Å². The summed E-state index contributed by atoms with van der Waals surface area (Å²) in [6, 6.07) is 13.6. The minimum Gasteiger partial charge on any atom is -0.382 e. The first-order chi connectivity index (χ1) is 9.42. The average molecular weight is 272 g/mol. The van der Waals surface area contributed by atoms with Gasteiger partial charge in [0.15, 0.2) is 0 Å². The predicted octanol–water partition coefficient (Wildman–Crippen LogP) is 3.70. The van der Waals surface area contributed by atoms with Crippen molar-refractivity contribution < 1.29 is 0 Å². The van der Waals surface area contributed by atoms with E-state index in [-0.39, 0.29) is 29.6 Å². The molecular weight excluding hydrogens is 255 g/mol. The van der Waals surface area contributed by atoms with Gasteiger partial charge in [0.05, 0.1) is 0 Å². The topological polar surface area (TPSA) is 24.9 Å². The van der Waals surface area contributed by atoms with Crippen LogP contribution in [0.4, 0.5) is 5.69 Å². The van der Waals surface area contributed by atoms with Gasteiger partial charge in [0, 0.05) is 34.9 Å². The second-order valence-corrected chi connectivity index (χ2v) is 5.34. The first-order valence-corrected chi connectivity index (χ1v) is 6.94. The quantitative estimate of drug-likeness (QED) is 0.568. The molecule has 2 aromatic carbocycles. The number of anilines is 1. The fraction of sp³-hybridized carbons (Fsp3) is 0.235. The van der Waals surface area contributed by atoms with Crippen LogP contribution in [0, 0.1) is 0 Å². The normalized spacial score (nSPS) is 14.8. The van der Waals surface area contributed by atoms with Gasteiger partial charge < -0.3 is 5.32 Å². The van der Waals surface area contributed by atoms with Crippen molar-refractivity contribution in [2.24, 2.45) is 0 Å². The standard InChI is InChI=1S/C17H16N2.Na.H/c1-2-7-14-12(4-1)10-17(19-13-5-3-6-13)15-8-9-18-11-16(14)15;;/h1-2,4,7-11,13,19H,3,5-6H2;;. The van der Waals surface area contributed by atoms with Crippen LogP contribution < -0.4 is 5.32 Å². The van der Waals surface area contributed by atoms with Crippen molar-refractivity contribution >= 4 is 56.8 Å². The number of rotatable bonds is 2. The third-order valence-electron chi connectivity index (χ3n) is 4.13. The van der Waals surface area contributed by atoms with E-state index in [4.69, 9.17) is 0 Å². The van der Waals surface area contributed by atoms with Crippen LogP contribution in [0.1, 0.15) is 19.3 Å². The van der Waals surface area contributed by atoms with Crippen LogP contribution in [-0.2, 0) is 0 Å². The van der Waals surface area contributed by atoms with Gasteiger partial charge >= 0.3 is 29.6 Å². The molecule has 0 spiro atoms. The summed E-state index contributed by atoms with van der Waals surface area (Å²) in [4.78, 5) is 4.29. The molecule has 1 fully saturated rings. The molecule has 2 nitrogen and oxygen atoms in total. The SMILES string of the molecule is [NaH].c1ccc2c(c1)cc(NC1CCC1)c1ccncc12. The molecule has 0 amide bonds. The van der Waals surface area contributed by atoms with Crippen LogP contribution in [0.15, 0.2) is 48.8 Å². The Kier molecular flexibility index (Phi) is 3.97. The Morgan fingerprint density at radius 3 is 2.65 bits per heavy atom. The Morgan fingerprint density at radius 1 is 1.00 bits per heavy atom. The summed E-state index contributed by atoms with van der Waals surface area (Å²) in [6.45, 7) is 0. The fourth-order valence-corrected chi connectivity index (χ4v) is 2.84. The zero-order valence-electron chi connectivity index (χ0n) is 10.8. The molecule has 1 aliphatic rings. The van der Waals surface area contributed by atoms with E-state index in [0.717, 1.165) is 0 Å². The molecule has 1 aromatic heterocycles. The third-order valence-corrected chi connectivity index (χ3v) is 4.13. The molecule has 1 N–H and O–H groups in total. The van der Waals surface area contributed by atoms with E-state index in [2.05, 4.69) is 46.7 Å². The first kappa shape index (κ1) is 13.9. The number of hydrogen-bond donors (Lipinski definition) is 1. The number of pyridine rings is 1. The third kappa shape index (κ3) is 2.32. The molecule has 1 saturated carbocycles. The fourth-order valence-electron chi connectivity index (χ4n) is 2.84. The van der Waals surface area contributed by atoms with Crippen LogP contribution in [0.2, 0.25) is 0 Å². The summed E-state index contributed by atoms with van der Waals surface area (Å²) in [5, 5.41) is 8.77. The van der Waals surface area contributed by atoms with Crippen molar-refractivity contribution in [2.45, 2.75) is 25.3 Å². The van der Waals surface area contributed by atoms with Crippen molar-refractivity contribution in [3.05, 3.63) is 48.8 Å². The average Bonchev–Trinajstić information content (AvgIpc) is 2.43. The Morgan fingerprint density at radius 2 is 1.85 bits per heavy atom. The monoisotopic (exact) mass is 272 g/mol. The summed E-state index contributed by atoms with van der Waals surface area (Å²) in [5.74, 6) is 0. The molecule has 0 unspecified atom stereocenters. The molecule has 0 radical (unpaired) electrons. The zero-order valence-corrected chi connectivity index (χ0v) is 10.8. The Balaban J connectivity index is 0.00000121.